The van der Waals surface area contributed by atoms with Gasteiger partial charge in [-0.05, 0) is 56.5 Å². The summed E-state index contributed by atoms with van der Waals surface area (Å²) in [5.41, 5.74) is 1.10. The molecule has 1 fully saturated rings. The summed E-state index contributed by atoms with van der Waals surface area (Å²) < 4.78 is 27.6. The lowest BCUT2D eigenvalue weighted by Crippen LogP contribution is -2.42. The van der Waals surface area contributed by atoms with Crippen molar-refractivity contribution in [3.05, 3.63) is 29.8 Å². The monoisotopic (exact) mass is 332 g/mol. The van der Waals surface area contributed by atoms with Crippen molar-refractivity contribution >= 4 is 22.4 Å². The fraction of sp³-hybridized carbons (Fsp3) is 0.600. The van der Waals surface area contributed by atoms with E-state index in [1.807, 2.05) is 12.1 Å². The van der Waals surface area contributed by atoms with Crippen LogP contribution in [-0.4, -0.2) is 27.5 Å². The number of aryl methyl sites for hydroxylation is 1. The topological polar surface area (TPSA) is 58.2 Å². The lowest BCUT2D eigenvalue weighted by atomic mass is 10.1. The van der Waals surface area contributed by atoms with E-state index in [1.54, 1.807) is 12.1 Å². The molecule has 1 aliphatic rings. The summed E-state index contributed by atoms with van der Waals surface area (Å²) in [4.78, 5) is 0.393. The molecule has 0 unspecified atom stereocenters. The van der Waals surface area contributed by atoms with Crippen LogP contribution in [0.5, 0.6) is 0 Å². The SMILES string of the molecule is CCCCc1cccc(S(=O)(=O)NC2CCNCC2)c1.Cl. The molecule has 120 valence electrons. The van der Waals surface area contributed by atoms with Gasteiger partial charge in [-0.25, -0.2) is 13.1 Å². The third kappa shape index (κ3) is 5.58. The van der Waals surface area contributed by atoms with Crippen LogP contribution in [-0.2, 0) is 16.4 Å². The maximum absolute atomic E-state index is 12.4. The van der Waals surface area contributed by atoms with E-state index in [2.05, 4.69) is 17.0 Å². The number of unbranched alkanes of at least 4 members (excludes halogenated alkanes) is 1. The predicted octanol–water partition coefficient (Wildman–Crippen LogP) is 2.48. The molecule has 0 spiro atoms. The van der Waals surface area contributed by atoms with Gasteiger partial charge in [0.25, 0.3) is 0 Å². The molecule has 0 atom stereocenters. The van der Waals surface area contributed by atoms with Gasteiger partial charge in [0.1, 0.15) is 0 Å². The minimum absolute atomic E-state index is 0. The van der Waals surface area contributed by atoms with Crippen LogP contribution in [0, 0.1) is 0 Å². The fourth-order valence-corrected chi connectivity index (χ4v) is 3.85. The number of sulfonamides is 1. The van der Waals surface area contributed by atoms with Gasteiger partial charge in [0, 0.05) is 6.04 Å². The van der Waals surface area contributed by atoms with Crippen molar-refractivity contribution in [3.8, 4) is 0 Å². The molecule has 0 radical (unpaired) electrons. The fourth-order valence-electron chi connectivity index (χ4n) is 2.48. The van der Waals surface area contributed by atoms with Crippen molar-refractivity contribution in [2.45, 2.75) is 50.0 Å². The smallest absolute Gasteiger partial charge is 0.240 e. The average Bonchev–Trinajstić information content (AvgIpc) is 2.46. The Morgan fingerprint density at radius 2 is 2.00 bits per heavy atom. The van der Waals surface area contributed by atoms with Crippen LogP contribution in [0.15, 0.2) is 29.2 Å². The molecule has 0 amide bonds. The number of benzene rings is 1. The zero-order valence-electron chi connectivity index (χ0n) is 12.5. The lowest BCUT2D eigenvalue weighted by molar-refractivity contribution is 0.427. The first-order valence-electron chi connectivity index (χ1n) is 7.44. The summed E-state index contributed by atoms with van der Waals surface area (Å²) in [6.07, 6.45) is 4.85. The molecule has 1 aromatic carbocycles. The molecule has 4 nitrogen and oxygen atoms in total. The van der Waals surface area contributed by atoms with Gasteiger partial charge in [0.15, 0.2) is 0 Å². The second kappa shape index (κ2) is 8.73. The normalized spacial score (nSPS) is 16.4. The Bertz CT molecular complexity index is 528. The number of halogens is 1. The van der Waals surface area contributed by atoms with Gasteiger partial charge >= 0.3 is 0 Å². The molecule has 0 bridgehead atoms. The van der Waals surface area contributed by atoms with Crippen LogP contribution in [0.4, 0.5) is 0 Å². The minimum Gasteiger partial charge on any atom is -0.317 e. The Morgan fingerprint density at radius 3 is 2.67 bits per heavy atom. The van der Waals surface area contributed by atoms with Gasteiger partial charge in [-0.1, -0.05) is 25.5 Å². The molecule has 1 aliphatic heterocycles. The highest BCUT2D eigenvalue weighted by Crippen LogP contribution is 2.15. The molecule has 1 aromatic rings. The maximum Gasteiger partial charge on any atom is 0.240 e. The van der Waals surface area contributed by atoms with Crippen LogP contribution in [0.1, 0.15) is 38.2 Å². The Morgan fingerprint density at radius 1 is 1.29 bits per heavy atom. The zero-order chi connectivity index (χ0) is 14.4. The lowest BCUT2D eigenvalue weighted by Gasteiger charge is -2.23. The molecule has 21 heavy (non-hydrogen) atoms. The molecular formula is C15H25ClN2O2S. The highest BCUT2D eigenvalue weighted by Gasteiger charge is 2.21. The van der Waals surface area contributed by atoms with Crippen molar-refractivity contribution in [2.75, 3.05) is 13.1 Å². The van der Waals surface area contributed by atoms with Crippen molar-refractivity contribution in [2.24, 2.45) is 0 Å². The first kappa shape index (κ1) is 18.4. The predicted molar refractivity (Wildman–Crippen MR) is 88.5 cm³/mol. The van der Waals surface area contributed by atoms with Crippen LogP contribution in [0.3, 0.4) is 0 Å². The Hall–Kier alpha value is -0.620. The van der Waals surface area contributed by atoms with E-state index in [9.17, 15) is 8.42 Å². The van der Waals surface area contributed by atoms with E-state index < -0.39 is 10.0 Å². The number of piperidine rings is 1. The Labute approximate surface area is 134 Å². The molecule has 0 aliphatic carbocycles. The number of rotatable bonds is 6. The van der Waals surface area contributed by atoms with E-state index >= 15 is 0 Å². The first-order valence-corrected chi connectivity index (χ1v) is 8.92. The Kier molecular flexibility index (Phi) is 7.66. The second-order valence-corrected chi connectivity index (χ2v) is 7.11. The number of hydrogen-bond donors (Lipinski definition) is 2. The molecule has 1 heterocycles. The summed E-state index contributed by atoms with van der Waals surface area (Å²) in [5.74, 6) is 0. The second-order valence-electron chi connectivity index (χ2n) is 5.40. The van der Waals surface area contributed by atoms with E-state index in [4.69, 9.17) is 0 Å². The molecular weight excluding hydrogens is 308 g/mol. The van der Waals surface area contributed by atoms with Crippen molar-refractivity contribution in [3.63, 3.8) is 0 Å². The summed E-state index contributed by atoms with van der Waals surface area (Å²) >= 11 is 0. The molecule has 2 N–H and O–H groups in total. The van der Waals surface area contributed by atoms with Gasteiger partial charge in [-0.3, -0.25) is 0 Å². The summed E-state index contributed by atoms with van der Waals surface area (Å²) in [6, 6.07) is 7.37. The van der Waals surface area contributed by atoms with E-state index in [0.29, 0.717) is 4.90 Å². The molecule has 1 saturated heterocycles. The van der Waals surface area contributed by atoms with Crippen molar-refractivity contribution < 1.29 is 8.42 Å². The van der Waals surface area contributed by atoms with Gasteiger partial charge in [0.05, 0.1) is 4.90 Å². The van der Waals surface area contributed by atoms with Crippen LogP contribution < -0.4 is 10.0 Å². The van der Waals surface area contributed by atoms with E-state index in [-0.39, 0.29) is 18.4 Å². The molecule has 0 saturated carbocycles. The number of nitrogens with one attached hydrogen (secondary N) is 2. The van der Waals surface area contributed by atoms with Gasteiger partial charge in [0.2, 0.25) is 10.0 Å². The number of hydrogen-bond acceptors (Lipinski definition) is 3. The van der Waals surface area contributed by atoms with Gasteiger partial charge in [-0.15, -0.1) is 12.4 Å². The maximum atomic E-state index is 12.4. The van der Waals surface area contributed by atoms with Crippen LogP contribution in [0.25, 0.3) is 0 Å². The molecule has 6 heteroatoms. The highest BCUT2D eigenvalue weighted by molar-refractivity contribution is 7.89. The van der Waals surface area contributed by atoms with Crippen LogP contribution >= 0.6 is 12.4 Å². The van der Waals surface area contributed by atoms with Crippen LogP contribution in [0.2, 0.25) is 0 Å². The van der Waals surface area contributed by atoms with Crippen molar-refractivity contribution in [1.29, 1.82) is 0 Å². The van der Waals surface area contributed by atoms with Crippen molar-refractivity contribution in [1.82, 2.24) is 10.0 Å². The standard InChI is InChI=1S/C15H24N2O2S.ClH/c1-2-3-5-13-6-4-7-15(12-13)20(18,19)17-14-8-10-16-11-9-14;/h4,6-7,12,14,16-17H,2-3,5,8-11H2,1H3;1H. The average molecular weight is 333 g/mol. The van der Waals surface area contributed by atoms with E-state index in [0.717, 1.165) is 50.8 Å². The van der Waals surface area contributed by atoms with E-state index in [1.165, 1.54) is 0 Å². The summed E-state index contributed by atoms with van der Waals surface area (Å²) in [6.45, 7) is 3.90. The molecule has 0 aromatic heterocycles. The summed E-state index contributed by atoms with van der Waals surface area (Å²) in [7, 11) is -3.39. The third-order valence-electron chi connectivity index (χ3n) is 3.69. The van der Waals surface area contributed by atoms with Gasteiger partial charge in [-0.2, -0.15) is 0 Å². The Balaban J connectivity index is 0.00000220. The third-order valence-corrected chi connectivity index (χ3v) is 5.21. The minimum atomic E-state index is -3.39. The summed E-state index contributed by atoms with van der Waals surface area (Å²) in [5, 5.41) is 3.24. The zero-order valence-corrected chi connectivity index (χ0v) is 14.1. The highest BCUT2D eigenvalue weighted by atomic mass is 35.5. The quantitative estimate of drug-likeness (QED) is 0.841. The molecule has 2 rings (SSSR count). The largest absolute Gasteiger partial charge is 0.317 e. The van der Waals surface area contributed by atoms with Gasteiger partial charge < -0.3 is 5.32 Å². The first-order chi connectivity index (χ1) is 9.62.